The van der Waals surface area contributed by atoms with Crippen LogP contribution in [0.25, 0.3) is 0 Å². The highest BCUT2D eigenvalue weighted by Crippen LogP contribution is 2.43. The van der Waals surface area contributed by atoms with Crippen molar-refractivity contribution in [1.82, 2.24) is 5.32 Å². The van der Waals surface area contributed by atoms with Crippen molar-refractivity contribution in [1.29, 1.82) is 0 Å². The lowest BCUT2D eigenvalue weighted by molar-refractivity contribution is 0.116. The summed E-state index contributed by atoms with van der Waals surface area (Å²) in [6.07, 6.45) is 6.63. The molecule has 1 fully saturated rings. The molecule has 21 heavy (non-hydrogen) atoms. The summed E-state index contributed by atoms with van der Waals surface area (Å²) in [6, 6.07) is 9.13. The fraction of sp³-hybridized carbons (Fsp3) is 0.684. The Morgan fingerprint density at radius 1 is 1.19 bits per heavy atom. The van der Waals surface area contributed by atoms with E-state index in [0.29, 0.717) is 5.41 Å². The predicted octanol–water partition coefficient (Wildman–Crippen LogP) is 5.28. The van der Waals surface area contributed by atoms with Gasteiger partial charge >= 0.3 is 0 Å². The van der Waals surface area contributed by atoms with Crippen molar-refractivity contribution in [3.8, 4) is 0 Å². The summed E-state index contributed by atoms with van der Waals surface area (Å²) in [5.41, 5.74) is 2.04. The van der Waals surface area contributed by atoms with E-state index in [1.54, 1.807) is 0 Å². The van der Waals surface area contributed by atoms with E-state index < -0.39 is 0 Å². The second-order valence-electron chi connectivity index (χ2n) is 7.46. The Bertz CT molecular complexity index is 424. The molecule has 0 bridgehead atoms. The summed E-state index contributed by atoms with van der Waals surface area (Å²) >= 11 is 2.39. The smallest absolute Gasteiger partial charge is 0.0130 e. The van der Waals surface area contributed by atoms with Crippen molar-refractivity contribution in [2.24, 2.45) is 17.3 Å². The van der Waals surface area contributed by atoms with Crippen LogP contribution in [0.4, 0.5) is 0 Å². The molecule has 0 spiro atoms. The third-order valence-corrected chi connectivity index (χ3v) is 5.64. The molecule has 0 aliphatic heterocycles. The Labute approximate surface area is 144 Å². The van der Waals surface area contributed by atoms with Crippen molar-refractivity contribution < 1.29 is 0 Å². The molecule has 1 saturated carbocycles. The number of hydrogen-bond donors (Lipinski definition) is 1. The lowest BCUT2D eigenvalue weighted by atomic mass is 9.65. The van der Waals surface area contributed by atoms with Crippen molar-refractivity contribution in [3.63, 3.8) is 0 Å². The first-order valence-corrected chi connectivity index (χ1v) is 9.53. The summed E-state index contributed by atoms with van der Waals surface area (Å²) in [5.74, 6) is 1.68. The van der Waals surface area contributed by atoms with Crippen LogP contribution in [-0.4, -0.2) is 13.1 Å². The molecular weight excluding hydrogens is 369 g/mol. The van der Waals surface area contributed by atoms with Gasteiger partial charge in [0, 0.05) is 3.57 Å². The first-order chi connectivity index (χ1) is 10.00. The zero-order valence-electron chi connectivity index (χ0n) is 13.8. The largest absolute Gasteiger partial charge is 0.316 e. The van der Waals surface area contributed by atoms with E-state index in [9.17, 15) is 0 Å². The molecule has 2 unspecified atom stereocenters. The van der Waals surface area contributed by atoms with Gasteiger partial charge in [0.2, 0.25) is 0 Å². The molecular formula is C19H30IN. The maximum absolute atomic E-state index is 3.66. The van der Waals surface area contributed by atoms with Gasteiger partial charge in [0.05, 0.1) is 0 Å². The Morgan fingerprint density at radius 3 is 2.57 bits per heavy atom. The van der Waals surface area contributed by atoms with E-state index in [0.717, 1.165) is 18.4 Å². The van der Waals surface area contributed by atoms with Gasteiger partial charge in [-0.2, -0.15) is 0 Å². The maximum Gasteiger partial charge on any atom is 0.0130 e. The summed E-state index contributed by atoms with van der Waals surface area (Å²) in [5, 5.41) is 3.66. The maximum atomic E-state index is 3.66. The van der Waals surface area contributed by atoms with Crippen LogP contribution >= 0.6 is 22.6 Å². The Balaban J connectivity index is 2.00. The van der Waals surface area contributed by atoms with Crippen LogP contribution in [0.15, 0.2) is 24.3 Å². The van der Waals surface area contributed by atoms with Gasteiger partial charge in [-0.15, -0.1) is 0 Å². The molecule has 1 nitrogen and oxygen atoms in total. The normalized spacial score (nSPS) is 25.0. The van der Waals surface area contributed by atoms with Crippen molar-refractivity contribution in [3.05, 3.63) is 33.4 Å². The molecule has 2 rings (SSSR count). The summed E-state index contributed by atoms with van der Waals surface area (Å²) in [4.78, 5) is 0. The molecule has 0 aromatic heterocycles. The Hall–Kier alpha value is -0.0900. The molecule has 118 valence electrons. The first kappa shape index (κ1) is 17.3. The second-order valence-corrected chi connectivity index (χ2v) is 8.71. The third kappa shape index (κ3) is 5.55. The predicted molar refractivity (Wildman–Crippen MR) is 101 cm³/mol. The van der Waals surface area contributed by atoms with Gasteiger partial charge in [0.25, 0.3) is 0 Å². The fourth-order valence-corrected chi connectivity index (χ4v) is 4.04. The molecule has 1 aliphatic carbocycles. The summed E-state index contributed by atoms with van der Waals surface area (Å²) in [7, 11) is 0. The molecule has 0 amide bonds. The number of hydrogen-bond acceptors (Lipinski definition) is 1. The Morgan fingerprint density at radius 2 is 1.90 bits per heavy atom. The SMILES string of the molecule is CCCNCC1CCC(C)(C)CC1Cc1ccc(I)cc1. The number of nitrogens with one attached hydrogen (secondary N) is 1. The van der Waals surface area contributed by atoms with E-state index in [4.69, 9.17) is 0 Å². The summed E-state index contributed by atoms with van der Waals surface area (Å²) in [6.45, 7) is 9.52. The van der Waals surface area contributed by atoms with Crippen LogP contribution < -0.4 is 5.32 Å². The second kappa shape index (κ2) is 7.96. The number of halogens is 1. The van der Waals surface area contributed by atoms with E-state index in [1.165, 1.54) is 47.8 Å². The lowest BCUT2D eigenvalue weighted by Crippen LogP contribution is -2.37. The van der Waals surface area contributed by atoms with Crippen LogP contribution in [0.2, 0.25) is 0 Å². The van der Waals surface area contributed by atoms with Crippen LogP contribution in [0.1, 0.15) is 52.0 Å². The number of benzene rings is 1. The van der Waals surface area contributed by atoms with Crippen LogP contribution in [0.5, 0.6) is 0 Å². The van der Waals surface area contributed by atoms with Crippen LogP contribution in [0, 0.1) is 20.8 Å². The summed E-state index contributed by atoms with van der Waals surface area (Å²) < 4.78 is 1.33. The van der Waals surface area contributed by atoms with Gasteiger partial charge in [-0.25, -0.2) is 0 Å². The highest BCUT2D eigenvalue weighted by Gasteiger charge is 2.34. The third-order valence-electron chi connectivity index (χ3n) is 4.92. The molecule has 0 radical (unpaired) electrons. The van der Waals surface area contributed by atoms with Crippen molar-refractivity contribution in [2.45, 2.75) is 52.9 Å². The molecule has 2 heteroatoms. The van der Waals surface area contributed by atoms with Crippen LogP contribution in [-0.2, 0) is 6.42 Å². The molecule has 1 aliphatic rings. The zero-order valence-corrected chi connectivity index (χ0v) is 15.9. The Kier molecular flexibility index (Phi) is 6.54. The minimum atomic E-state index is 0.523. The quantitative estimate of drug-likeness (QED) is 0.507. The minimum absolute atomic E-state index is 0.523. The molecule has 1 aromatic carbocycles. The van der Waals surface area contributed by atoms with Crippen molar-refractivity contribution >= 4 is 22.6 Å². The monoisotopic (exact) mass is 399 g/mol. The minimum Gasteiger partial charge on any atom is -0.316 e. The van der Waals surface area contributed by atoms with Gasteiger partial charge < -0.3 is 5.32 Å². The molecule has 1 N–H and O–H groups in total. The van der Waals surface area contributed by atoms with E-state index in [2.05, 4.69) is 72.9 Å². The van der Waals surface area contributed by atoms with Gasteiger partial charge in [-0.05, 0) is 103 Å². The zero-order chi connectivity index (χ0) is 15.3. The van der Waals surface area contributed by atoms with Gasteiger partial charge in [-0.1, -0.05) is 32.9 Å². The number of rotatable bonds is 6. The first-order valence-electron chi connectivity index (χ1n) is 8.45. The topological polar surface area (TPSA) is 12.0 Å². The molecule has 1 aromatic rings. The highest BCUT2D eigenvalue weighted by atomic mass is 127. The highest BCUT2D eigenvalue weighted by molar-refractivity contribution is 14.1. The molecule has 0 heterocycles. The standard InChI is InChI=1S/C19H30IN/c1-4-11-21-14-16-9-10-19(2,3)13-17(16)12-15-5-7-18(20)8-6-15/h5-8,16-17,21H,4,9-14H2,1-3H3. The fourth-order valence-electron chi connectivity index (χ4n) is 3.69. The van der Waals surface area contributed by atoms with Crippen LogP contribution in [0.3, 0.4) is 0 Å². The average molecular weight is 399 g/mol. The van der Waals surface area contributed by atoms with E-state index in [1.807, 2.05) is 0 Å². The molecule has 2 atom stereocenters. The van der Waals surface area contributed by atoms with E-state index in [-0.39, 0.29) is 0 Å². The van der Waals surface area contributed by atoms with Gasteiger partial charge in [0.15, 0.2) is 0 Å². The average Bonchev–Trinajstić information content (AvgIpc) is 2.43. The van der Waals surface area contributed by atoms with Crippen molar-refractivity contribution in [2.75, 3.05) is 13.1 Å². The van der Waals surface area contributed by atoms with E-state index >= 15 is 0 Å². The van der Waals surface area contributed by atoms with Gasteiger partial charge in [-0.3, -0.25) is 0 Å². The molecule has 0 saturated heterocycles. The lowest BCUT2D eigenvalue weighted by Gasteiger charge is -2.41. The van der Waals surface area contributed by atoms with Gasteiger partial charge in [0.1, 0.15) is 0 Å².